The molecule has 0 aliphatic rings. The van der Waals surface area contributed by atoms with Gasteiger partial charge in [-0.05, 0) is 32.0 Å². The molecular formula is C15H16N4OS. The molecule has 21 heavy (non-hydrogen) atoms. The van der Waals surface area contributed by atoms with Gasteiger partial charge in [0.05, 0.1) is 10.2 Å². The van der Waals surface area contributed by atoms with Gasteiger partial charge in [-0.15, -0.1) is 0 Å². The van der Waals surface area contributed by atoms with E-state index in [1.165, 1.54) is 11.3 Å². The molecule has 0 spiro atoms. The molecule has 1 aromatic carbocycles. The third-order valence-corrected chi connectivity index (χ3v) is 4.52. The van der Waals surface area contributed by atoms with Crippen LogP contribution in [0.4, 0.5) is 0 Å². The number of hydrogen-bond donors (Lipinski definition) is 0. The third kappa shape index (κ3) is 2.42. The molecule has 108 valence electrons. The van der Waals surface area contributed by atoms with Crippen molar-refractivity contribution < 1.29 is 4.79 Å². The fraction of sp³-hybridized carbons (Fsp3) is 0.267. The summed E-state index contributed by atoms with van der Waals surface area (Å²) in [6, 6.07) is 9.79. The largest absolute Gasteiger partial charge is 0.319 e. The Morgan fingerprint density at radius 2 is 2.14 bits per heavy atom. The zero-order valence-corrected chi connectivity index (χ0v) is 13.0. The average Bonchev–Trinajstić information content (AvgIpc) is 3.01. The van der Waals surface area contributed by atoms with Gasteiger partial charge in [-0.3, -0.25) is 9.48 Å². The summed E-state index contributed by atoms with van der Waals surface area (Å²) in [7, 11) is 1.92. The summed E-state index contributed by atoms with van der Waals surface area (Å²) in [5.41, 5.74) is 2.44. The zero-order valence-electron chi connectivity index (χ0n) is 12.2. The monoisotopic (exact) mass is 300 g/mol. The number of benzene rings is 1. The molecule has 0 unspecified atom stereocenters. The zero-order chi connectivity index (χ0) is 15.0. The fourth-order valence-corrected chi connectivity index (χ4v) is 3.28. The maximum absolute atomic E-state index is 12.3. The van der Waals surface area contributed by atoms with Gasteiger partial charge in [-0.25, -0.2) is 0 Å². The molecule has 0 bridgehead atoms. The highest BCUT2D eigenvalue weighted by Gasteiger charge is 2.11. The lowest BCUT2D eigenvalue weighted by atomic mass is 10.3. The van der Waals surface area contributed by atoms with Crippen LogP contribution in [0, 0.1) is 6.92 Å². The highest BCUT2D eigenvalue weighted by Crippen LogP contribution is 2.15. The van der Waals surface area contributed by atoms with E-state index in [0.717, 1.165) is 22.5 Å². The number of carbonyl (C=O) groups is 1. The van der Waals surface area contributed by atoms with Gasteiger partial charge in [0.15, 0.2) is 10.5 Å². The SMILES string of the molecule is CCn1nc(C(=O)N=c2sc3ccccc3n2C)cc1C. The van der Waals surface area contributed by atoms with Crippen molar-refractivity contribution in [2.24, 2.45) is 12.0 Å². The van der Waals surface area contributed by atoms with Crippen LogP contribution < -0.4 is 4.80 Å². The summed E-state index contributed by atoms with van der Waals surface area (Å²) in [5.74, 6) is -0.299. The van der Waals surface area contributed by atoms with Crippen LogP contribution in [0.5, 0.6) is 0 Å². The lowest BCUT2D eigenvalue weighted by molar-refractivity contribution is 0.0992. The van der Waals surface area contributed by atoms with Crippen LogP contribution in [-0.2, 0) is 13.6 Å². The standard InChI is InChI=1S/C15H16N4OS/c1-4-19-10(2)9-11(17-19)14(20)16-15-18(3)12-7-5-6-8-13(12)21-15/h5-9H,4H2,1-3H3. The Labute approximate surface area is 126 Å². The Hall–Kier alpha value is -2.21. The number of rotatable bonds is 2. The minimum absolute atomic E-state index is 0.299. The molecular weight excluding hydrogens is 284 g/mol. The lowest BCUT2D eigenvalue weighted by Gasteiger charge is -1.95. The minimum Gasteiger partial charge on any atom is -0.319 e. The van der Waals surface area contributed by atoms with E-state index >= 15 is 0 Å². The number of aryl methyl sites for hydroxylation is 3. The lowest BCUT2D eigenvalue weighted by Crippen LogP contribution is -2.13. The Kier molecular flexibility index (Phi) is 3.47. The Morgan fingerprint density at radius 1 is 1.38 bits per heavy atom. The molecule has 3 aromatic rings. The highest BCUT2D eigenvalue weighted by atomic mass is 32.1. The van der Waals surface area contributed by atoms with Crippen molar-refractivity contribution in [3.8, 4) is 0 Å². The summed E-state index contributed by atoms with van der Waals surface area (Å²) in [6.45, 7) is 4.68. The number of aromatic nitrogens is 3. The van der Waals surface area contributed by atoms with Gasteiger partial charge < -0.3 is 4.57 Å². The summed E-state index contributed by atoms with van der Waals surface area (Å²) < 4.78 is 4.84. The van der Waals surface area contributed by atoms with Crippen LogP contribution >= 0.6 is 11.3 Å². The molecule has 3 rings (SSSR count). The maximum atomic E-state index is 12.3. The smallest absolute Gasteiger partial charge is 0.300 e. The van der Waals surface area contributed by atoms with Crippen LogP contribution in [0.1, 0.15) is 23.1 Å². The Balaban J connectivity index is 2.06. The molecule has 0 radical (unpaired) electrons. The molecule has 0 aliphatic carbocycles. The summed E-state index contributed by atoms with van der Waals surface area (Å²) >= 11 is 1.50. The van der Waals surface area contributed by atoms with Crippen LogP contribution in [0.15, 0.2) is 35.3 Å². The molecule has 2 aromatic heterocycles. The first-order valence-corrected chi connectivity index (χ1v) is 7.60. The first-order valence-electron chi connectivity index (χ1n) is 6.78. The molecule has 0 N–H and O–H groups in total. The van der Waals surface area contributed by atoms with E-state index < -0.39 is 0 Å². The van der Waals surface area contributed by atoms with E-state index in [4.69, 9.17) is 0 Å². The van der Waals surface area contributed by atoms with Crippen molar-refractivity contribution in [3.05, 3.63) is 46.5 Å². The van der Waals surface area contributed by atoms with Crippen molar-refractivity contribution >= 4 is 27.5 Å². The summed E-state index contributed by atoms with van der Waals surface area (Å²) in [6.07, 6.45) is 0. The minimum atomic E-state index is -0.299. The van der Waals surface area contributed by atoms with Gasteiger partial charge in [0, 0.05) is 19.3 Å². The van der Waals surface area contributed by atoms with Gasteiger partial charge >= 0.3 is 0 Å². The van der Waals surface area contributed by atoms with Gasteiger partial charge in [-0.1, -0.05) is 23.5 Å². The molecule has 2 heterocycles. The van der Waals surface area contributed by atoms with E-state index in [0.29, 0.717) is 10.5 Å². The third-order valence-electron chi connectivity index (χ3n) is 3.41. The fourth-order valence-electron chi connectivity index (χ4n) is 2.27. The second-order valence-corrected chi connectivity index (χ2v) is 5.82. The van der Waals surface area contributed by atoms with Crippen molar-refractivity contribution in [2.75, 3.05) is 0 Å². The summed E-state index contributed by atoms with van der Waals surface area (Å²) in [4.78, 5) is 17.2. The molecule has 5 nitrogen and oxygen atoms in total. The Morgan fingerprint density at radius 3 is 2.81 bits per heavy atom. The first kappa shape index (κ1) is 13.8. The van der Waals surface area contributed by atoms with E-state index in [1.54, 1.807) is 10.7 Å². The number of amides is 1. The first-order chi connectivity index (χ1) is 10.1. The van der Waals surface area contributed by atoms with E-state index in [9.17, 15) is 4.79 Å². The van der Waals surface area contributed by atoms with Crippen molar-refractivity contribution in [1.29, 1.82) is 0 Å². The molecule has 0 atom stereocenters. The number of hydrogen-bond acceptors (Lipinski definition) is 3. The van der Waals surface area contributed by atoms with E-state index in [-0.39, 0.29) is 5.91 Å². The van der Waals surface area contributed by atoms with Gasteiger partial charge in [-0.2, -0.15) is 10.1 Å². The topological polar surface area (TPSA) is 52.2 Å². The van der Waals surface area contributed by atoms with E-state index in [2.05, 4.69) is 10.1 Å². The molecule has 1 amide bonds. The van der Waals surface area contributed by atoms with Crippen LogP contribution in [0.3, 0.4) is 0 Å². The number of para-hydroxylation sites is 1. The quantitative estimate of drug-likeness (QED) is 0.730. The van der Waals surface area contributed by atoms with Crippen molar-refractivity contribution in [3.63, 3.8) is 0 Å². The molecule has 6 heteroatoms. The molecule has 0 aliphatic heterocycles. The molecule has 0 saturated carbocycles. The van der Waals surface area contributed by atoms with Crippen LogP contribution in [0.25, 0.3) is 10.2 Å². The molecule has 0 saturated heterocycles. The number of carbonyl (C=O) groups excluding carboxylic acids is 1. The second-order valence-electron chi connectivity index (χ2n) is 4.82. The Bertz CT molecular complexity index is 885. The average molecular weight is 300 g/mol. The predicted molar refractivity (Wildman–Crippen MR) is 83.3 cm³/mol. The van der Waals surface area contributed by atoms with Gasteiger partial charge in [0.1, 0.15) is 0 Å². The molecule has 0 fully saturated rings. The van der Waals surface area contributed by atoms with Gasteiger partial charge in [0.25, 0.3) is 5.91 Å². The van der Waals surface area contributed by atoms with Crippen LogP contribution in [0.2, 0.25) is 0 Å². The predicted octanol–water partition coefficient (Wildman–Crippen LogP) is 2.51. The number of nitrogens with zero attached hydrogens (tertiary/aromatic N) is 4. The second kappa shape index (κ2) is 5.29. The normalized spacial score (nSPS) is 12.2. The summed E-state index contributed by atoms with van der Waals surface area (Å²) in [5, 5.41) is 4.28. The number of thiazole rings is 1. The van der Waals surface area contributed by atoms with E-state index in [1.807, 2.05) is 49.7 Å². The van der Waals surface area contributed by atoms with Crippen molar-refractivity contribution in [1.82, 2.24) is 14.3 Å². The van der Waals surface area contributed by atoms with Crippen LogP contribution in [-0.4, -0.2) is 20.3 Å². The van der Waals surface area contributed by atoms with Crippen molar-refractivity contribution in [2.45, 2.75) is 20.4 Å². The highest BCUT2D eigenvalue weighted by molar-refractivity contribution is 7.16. The number of fused-ring (bicyclic) bond motifs is 1. The maximum Gasteiger partial charge on any atom is 0.300 e. The van der Waals surface area contributed by atoms with Gasteiger partial charge in [0.2, 0.25) is 0 Å².